The molecule has 140 valence electrons. The molecule has 1 aromatic carbocycles. The van der Waals surface area contributed by atoms with Crippen LogP contribution in [-0.2, 0) is 4.84 Å². The van der Waals surface area contributed by atoms with E-state index in [0.717, 1.165) is 4.90 Å². The average molecular weight is 406 g/mol. The molecule has 0 unspecified atom stereocenters. The summed E-state index contributed by atoms with van der Waals surface area (Å²) in [7, 11) is 0. The first-order valence-electron chi connectivity index (χ1n) is 8.19. The van der Waals surface area contributed by atoms with E-state index in [-0.39, 0.29) is 17.3 Å². The smallest absolute Gasteiger partial charge is 0.261 e. The lowest BCUT2D eigenvalue weighted by Gasteiger charge is -2.19. The summed E-state index contributed by atoms with van der Waals surface area (Å²) in [4.78, 5) is 36.1. The number of imide groups is 1. The number of pyridine rings is 1. The Morgan fingerprint density at radius 1 is 1.15 bits per heavy atom. The maximum Gasteiger partial charge on any atom is 0.261 e. The Morgan fingerprint density at radius 2 is 1.74 bits per heavy atom. The average Bonchev–Trinajstić information content (AvgIpc) is 2.83. The van der Waals surface area contributed by atoms with Crippen LogP contribution in [0.15, 0.2) is 41.7 Å². The van der Waals surface area contributed by atoms with Crippen LogP contribution in [0, 0.1) is 0 Å². The zero-order valence-electron chi connectivity index (χ0n) is 15.0. The van der Waals surface area contributed by atoms with Crippen LogP contribution in [0.4, 0.5) is 0 Å². The molecule has 0 aliphatic carbocycles. The summed E-state index contributed by atoms with van der Waals surface area (Å²) in [5.74, 6) is -0.798. The van der Waals surface area contributed by atoms with Gasteiger partial charge in [0.05, 0.1) is 27.7 Å². The Balaban J connectivity index is 1.98. The van der Waals surface area contributed by atoms with Gasteiger partial charge in [-0.15, -0.1) is 0 Å². The van der Waals surface area contributed by atoms with Crippen molar-refractivity contribution in [1.29, 1.82) is 0 Å². The Hall–Kier alpha value is -2.44. The first-order chi connectivity index (χ1) is 12.7. The van der Waals surface area contributed by atoms with E-state index in [9.17, 15) is 9.59 Å². The molecule has 0 saturated carbocycles. The molecule has 27 heavy (non-hydrogen) atoms. The Bertz CT molecular complexity index is 916. The highest BCUT2D eigenvalue weighted by atomic mass is 35.5. The van der Waals surface area contributed by atoms with Crippen molar-refractivity contribution in [1.82, 2.24) is 9.88 Å². The lowest BCUT2D eigenvalue weighted by molar-refractivity contribution is 0.000537. The number of fused-ring (bicyclic) bond motifs is 1. The van der Waals surface area contributed by atoms with Gasteiger partial charge in [0.15, 0.2) is 0 Å². The second kappa shape index (κ2) is 7.29. The molecule has 0 spiro atoms. The molecule has 3 rings (SSSR count). The fraction of sp³-hybridized carbons (Fsp3) is 0.263. The number of benzene rings is 1. The van der Waals surface area contributed by atoms with Crippen LogP contribution in [0.5, 0.6) is 0 Å². The Morgan fingerprint density at radius 3 is 2.26 bits per heavy atom. The molecule has 1 aliphatic rings. The quantitative estimate of drug-likeness (QED) is 0.433. The van der Waals surface area contributed by atoms with Gasteiger partial charge in [-0.3, -0.25) is 19.5 Å². The molecule has 8 heteroatoms. The van der Waals surface area contributed by atoms with Crippen LogP contribution in [0.2, 0.25) is 10.0 Å². The van der Waals surface area contributed by atoms with Crippen molar-refractivity contribution in [2.45, 2.75) is 26.4 Å². The van der Waals surface area contributed by atoms with E-state index in [0.29, 0.717) is 21.8 Å². The van der Waals surface area contributed by atoms with E-state index in [1.807, 2.05) is 20.8 Å². The second-order valence-corrected chi connectivity index (χ2v) is 7.81. The Kier molecular flexibility index (Phi) is 5.22. The highest BCUT2D eigenvalue weighted by molar-refractivity contribution is 6.36. The number of rotatable bonds is 4. The summed E-state index contributed by atoms with van der Waals surface area (Å²) in [6.45, 7) is 5.35. The lowest BCUT2D eigenvalue weighted by atomic mass is 10.1. The van der Waals surface area contributed by atoms with E-state index in [1.54, 1.807) is 24.3 Å². The van der Waals surface area contributed by atoms with Gasteiger partial charge in [0.2, 0.25) is 0 Å². The van der Waals surface area contributed by atoms with Gasteiger partial charge in [0.1, 0.15) is 17.0 Å². The van der Waals surface area contributed by atoms with Crippen molar-refractivity contribution in [2.75, 3.05) is 6.54 Å². The Labute approximate surface area is 166 Å². The summed E-state index contributed by atoms with van der Waals surface area (Å²) >= 11 is 12.2. The monoisotopic (exact) mass is 405 g/mol. The zero-order valence-corrected chi connectivity index (χ0v) is 16.5. The molecule has 2 amide bonds. The maximum atomic E-state index is 12.6. The summed E-state index contributed by atoms with van der Waals surface area (Å²) in [6, 6.07) is 8.17. The highest BCUT2D eigenvalue weighted by Gasteiger charge is 2.36. The van der Waals surface area contributed by atoms with Gasteiger partial charge in [-0.2, -0.15) is 0 Å². The molecule has 1 aliphatic heterocycles. The van der Waals surface area contributed by atoms with Gasteiger partial charge in [-0.1, -0.05) is 40.5 Å². The summed E-state index contributed by atoms with van der Waals surface area (Å²) in [5, 5.41) is 4.74. The van der Waals surface area contributed by atoms with E-state index in [2.05, 4.69) is 10.1 Å². The fourth-order valence-electron chi connectivity index (χ4n) is 2.50. The number of hydrogen-bond acceptors (Lipinski definition) is 5. The maximum absolute atomic E-state index is 12.6. The number of aromatic nitrogens is 1. The van der Waals surface area contributed by atoms with Crippen LogP contribution in [0.1, 0.15) is 47.2 Å². The van der Waals surface area contributed by atoms with Crippen molar-refractivity contribution in [3.05, 3.63) is 63.4 Å². The second-order valence-electron chi connectivity index (χ2n) is 6.97. The molecule has 2 aromatic rings. The van der Waals surface area contributed by atoms with E-state index >= 15 is 0 Å². The first kappa shape index (κ1) is 19.3. The molecule has 0 bridgehead atoms. The van der Waals surface area contributed by atoms with Crippen molar-refractivity contribution >= 4 is 40.7 Å². The van der Waals surface area contributed by atoms with Crippen LogP contribution < -0.4 is 0 Å². The fourth-order valence-corrected chi connectivity index (χ4v) is 2.99. The molecule has 0 N–H and O–H groups in total. The number of amides is 2. The predicted octanol–water partition coefficient (Wildman–Crippen LogP) is 4.20. The number of carbonyl (C=O) groups excluding carboxylic acids is 2. The van der Waals surface area contributed by atoms with Crippen molar-refractivity contribution in [3.8, 4) is 0 Å². The van der Waals surface area contributed by atoms with E-state index < -0.39 is 17.4 Å². The predicted molar refractivity (Wildman–Crippen MR) is 103 cm³/mol. The first-order valence-corrected chi connectivity index (χ1v) is 8.94. The SMILES string of the molecule is CC(C)(C)O/N=C(/CN1C(=O)c2ccccc2C1=O)c1ncc(Cl)cc1Cl. The molecular formula is C19H17Cl2N3O3. The van der Waals surface area contributed by atoms with E-state index in [4.69, 9.17) is 28.0 Å². The molecule has 1 aromatic heterocycles. The summed E-state index contributed by atoms with van der Waals surface area (Å²) in [5.41, 5.74) is 0.678. The number of nitrogens with zero attached hydrogens (tertiary/aromatic N) is 3. The molecule has 0 radical (unpaired) electrons. The summed E-state index contributed by atoms with van der Waals surface area (Å²) < 4.78 is 0. The lowest BCUT2D eigenvalue weighted by Crippen LogP contribution is -2.36. The van der Waals surface area contributed by atoms with Crippen LogP contribution in [-0.4, -0.2) is 39.6 Å². The van der Waals surface area contributed by atoms with Crippen molar-refractivity contribution < 1.29 is 14.4 Å². The van der Waals surface area contributed by atoms with Gasteiger partial charge in [-0.05, 0) is 39.0 Å². The normalized spacial score (nSPS) is 14.6. The third kappa shape index (κ3) is 4.12. The number of carbonyl (C=O) groups is 2. The highest BCUT2D eigenvalue weighted by Crippen LogP contribution is 2.25. The van der Waals surface area contributed by atoms with Crippen LogP contribution in [0.25, 0.3) is 0 Å². The molecule has 0 saturated heterocycles. The van der Waals surface area contributed by atoms with Gasteiger partial charge in [0, 0.05) is 6.20 Å². The molecule has 0 fully saturated rings. The minimum absolute atomic E-state index is 0.128. The minimum atomic E-state index is -0.577. The van der Waals surface area contributed by atoms with Crippen molar-refractivity contribution in [3.63, 3.8) is 0 Å². The summed E-state index contributed by atoms with van der Waals surface area (Å²) in [6.07, 6.45) is 1.41. The van der Waals surface area contributed by atoms with Gasteiger partial charge in [-0.25, -0.2) is 0 Å². The van der Waals surface area contributed by atoms with Crippen LogP contribution in [0.3, 0.4) is 0 Å². The molecule has 2 heterocycles. The number of halogens is 2. The standard InChI is InChI=1S/C19H17Cl2N3O3/c1-19(2,3)27-23-15(16-14(21)8-11(20)9-22-16)10-24-17(25)12-6-4-5-7-13(12)18(24)26/h4-9H,10H2,1-3H3/b23-15-. The third-order valence-electron chi connectivity index (χ3n) is 3.70. The molecule has 0 atom stereocenters. The topological polar surface area (TPSA) is 71.9 Å². The van der Waals surface area contributed by atoms with Crippen molar-refractivity contribution in [2.24, 2.45) is 5.16 Å². The zero-order chi connectivity index (χ0) is 19.8. The van der Waals surface area contributed by atoms with Crippen LogP contribution >= 0.6 is 23.2 Å². The van der Waals surface area contributed by atoms with Gasteiger partial charge in [0.25, 0.3) is 11.8 Å². The van der Waals surface area contributed by atoms with Gasteiger partial charge >= 0.3 is 0 Å². The number of hydrogen-bond donors (Lipinski definition) is 0. The number of oxime groups is 1. The third-order valence-corrected chi connectivity index (χ3v) is 4.19. The molecular weight excluding hydrogens is 389 g/mol. The minimum Gasteiger partial charge on any atom is -0.390 e. The molecule has 6 nitrogen and oxygen atoms in total. The van der Waals surface area contributed by atoms with Gasteiger partial charge < -0.3 is 4.84 Å². The van der Waals surface area contributed by atoms with E-state index in [1.165, 1.54) is 12.3 Å². The largest absolute Gasteiger partial charge is 0.390 e.